The molecule has 20 heavy (non-hydrogen) atoms. The minimum atomic E-state index is -1.09. The molecule has 1 N–H and O–H groups in total. The van der Waals surface area contributed by atoms with Crippen molar-refractivity contribution in [3.63, 3.8) is 0 Å². The van der Waals surface area contributed by atoms with Crippen molar-refractivity contribution in [1.29, 1.82) is 0 Å². The summed E-state index contributed by atoms with van der Waals surface area (Å²) in [5.74, 6) is -0.686. The lowest BCUT2D eigenvalue weighted by Gasteiger charge is -1.95. The van der Waals surface area contributed by atoms with Crippen LogP contribution in [0, 0.1) is 0 Å². The van der Waals surface area contributed by atoms with Gasteiger partial charge in [-0.15, -0.1) is 5.10 Å². The Bertz CT molecular complexity index is 755. The van der Waals surface area contributed by atoms with Gasteiger partial charge in [0.15, 0.2) is 0 Å². The number of furan rings is 1. The molecule has 3 aromatic rings. The van der Waals surface area contributed by atoms with Crippen molar-refractivity contribution < 1.29 is 14.3 Å². The third-order valence-corrected chi connectivity index (χ3v) is 2.70. The Balaban J connectivity index is 1.78. The van der Waals surface area contributed by atoms with E-state index in [0.717, 1.165) is 5.69 Å². The Morgan fingerprint density at radius 3 is 2.85 bits per heavy atom. The average Bonchev–Trinajstić information content (AvgIpc) is 3.09. The summed E-state index contributed by atoms with van der Waals surface area (Å²) in [6, 6.07) is 4.85. The summed E-state index contributed by atoms with van der Waals surface area (Å²) >= 11 is 0. The van der Waals surface area contributed by atoms with E-state index in [1.165, 1.54) is 6.07 Å². The Labute approximate surface area is 113 Å². The smallest absolute Gasteiger partial charge is 0.371 e. The summed E-state index contributed by atoms with van der Waals surface area (Å²) in [4.78, 5) is 10.7. The number of carboxylic acid groups (broad SMARTS) is 1. The molecule has 0 radical (unpaired) electrons. The van der Waals surface area contributed by atoms with Crippen LogP contribution in [0.15, 0.2) is 35.0 Å². The van der Waals surface area contributed by atoms with Gasteiger partial charge in [-0.25, -0.2) is 9.48 Å². The van der Waals surface area contributed by atoms with Crippen molar-refractivity contribution in [2.45, 2.75) is 6.54 Å². The van der Waals surface area contributed by atoms with E-state index in [-0.39, 0.29) is 5.76 Å². The molecule has 0 aliphatic heterocycles. The van der Waals surface area contributed by atoms with Crippen molar-refractivity contribution in [3.05, 3.63) is 42.1 Å². The fourth-order valence-electron chi connectivity index (χ4n) is 1.78. The van der Waals surface area contributed by atoms with Crippen LogP contribution in [0.2, 0.25) is 0 Å². The summed E-state index contributed by atoms with van der Waals surface area (Å²) < 4.78 is 8.40. The van der Waals surface area contributed by atoms with Crippen LogP contribution in [0.5, 0.6) is 0 Å². The Hall–Kier alpha value is -2.90. The molecule has 8 nitrogen and oxygen atoms in total. The summed E-state index contributed by atoms with van der Waals surface area (Å²) in [6.45, 7) is 0.313. The highest BCUT2D eigenvalue weighted by Gasteiger charge is 2.11. The van der Waals surface area contributed by atoms with Crippen LogP contribution in [0.3, 0.4) is 0 Å². The van der Waals surface area contributed by atoms with Gasteiger partial charge < -0.3 is 9.52 Å². The van der Waals surface area contributed by atoms with Crippen molar-refractivity contribution in [3.8, 4) is 11.4 Å². The van der Waals surface area contributed by atoms with Crippen LogP contribution < -0.4 is 0 Å². The summed E-state index contributed by atoms with van der Waals surface area (Å²) in [5, 5.41) is 21.0. The Morgan fingerprint density at radius 2 is 2.20 bits per heavy atom. The highest BCUT2D eigenvalue weighted by atomic mass is 16.4. The minimum absolute atomic E-state index is 0.0925. The van der Waals surface area contributed by atoms with Gasteiger partial charge in [0, 0.05) is 13.2 Å². The van der Waals surface area contributed by atoms with Gasteiger partial charge in [-0.05, 0) is 18.2 Å². The molecule has 0 aliphatic rings. The largest absolute Gasteiger partial charge is 0.475 e. The Morgan fingerprint density at radius 1 is 1.35 bits per heavy atom. The maximum atomic E-state index is 10.7. The summed E-state index contributed by atoms with van der Waals surface area (Å²) in [6.07, 6.45) is 3.55. The number of carboxylic acids is 1. The number of carbonyl (C=O) groups is 1. The fourth-order valence-corrected chi connectivity index (χ4v) is 1.78. The highest BCUT2D eigenvalue weighted by Crippen LogP contribution is 2.14. The lowest BCUT2D eigenvalue weighted by molar-refractivity contribution is 0.0660. The first-order valence-corrected chi connectivity index (χ1v) is 5.84. The van der Waals surface area contributed by atoms with Gasteiger partial charge in [0.25, 0.3) is 0 Å². The van der Waals surface area contributed by atoms with E-state index in [1.54, 1.807) is 21.6 Å². The topological polar surface area (TPSA) is 99.0 Å². The average molecular weight is 273 g/mol. The molecule has 0 spiro atoms. The molecule has 8 heteroatoms. The molecule has 3 rings (SSSR count). The van der Waals surface area contributed by atoms with Crippen LogP contribution in [0.1, 0.15) is 16.3 Å². The van der Waals surface area contributed by atoms with Gasteiger partial charge in [0.05, 0.1) is 6.20 Å². The maximum absolute atomic E-state index is 10.7. The number of nitrogens with zero attached hydrogens (tertiary/aromatic N) is 5. The summed E-state index contributed by atoms with van der Waals surface area (Å²) in [7, 11) is 1.82. The van der Waals surface area contributed by atoms with E-state index in [9.17, 15) is 4.79 Å². The van der Waals surface area contributed by atoms with Gasteiger partial charge in [0.1, 0.15) is 23.7 Å². The second-order valence-electron chi connectivity index (χ2n) is 4.25. The number of rotatable bonds is 4. The highest BCUT2D eigenvalue weighted by molar-refractivity contribution is 5.84. The second-order valence-corrected chi connectivity index (χ2v) is 4.25. The van der Waals surface area contributed by atoms with Gasteiger partial charge >= 0.3 is 5.97 Å². The molecular formula is C12H11N5O3. The first-order valence-electron chi connectivity index (χ1n) is 5.84. The molecule has 0 unspecified atom stereocenters. The number of aromatic nitrogens is 5. The summed E-state index contributed by atoms with van der Waals surface area (Å²) in [5.41, 5.74) is 1.38. The molecule has 0 saturated heterocycles. The molecule has 3 heterocycles. The minimum Gasteiger partial charge on any atom is -0.475 e. The van der Waals surface area contributed by atoms with Gasteiger partial charge in [-0.1, -0.05) is 5.21 Å². The van der Waals surface area contributed by atoms with Crippen LogP contribution in [-0.2, 0) is 13.6 Å². The van der Waals surface area contributed by atoms with Crippen LogP contribution in [0.25, 0.3) is 11.4 Å². The number of hydrogen-bond acceptors (Lipinski definition) is 5. The van der Waals surface area contributed by atoms with Crippen molar-refractivity contribution in [2.75, 3.05) is 0 Å². The Kier molecular flexibility index (Phi) is 2.82. The van der Waals surface area contributed by atoms with Crippen molar-refractivity contribution in [2.24, 2.45) is 7.05 Å². The van der Waals surface area contributed by atoms with Gasteiger partial charge in [-0.3, -0.25) is 4.68 Å². The maximum Gasteiger partial charge on any atom is 0.371 e. The molecule has 0 saturated carbocycles. The zero-order valence-electron chi connectivity index (χ0n) is 10.6. The normalized spacial score (nSPS) is 10.8. The molecule has 0 aromatic carbocycles. The van der Waals surface area contributed by atoms with Crippen LogP contribution >= 0.6 is 0 Å². The van der Waals surface area contributed by atoms with E-state index in [0.29, 0.717) is 18.0 Å². The third-order valence-electron chi connectivity index (χ3n) is 2.70. The fraction of sp³-hybridized carbons (Fsp3) is 0.167. The predicted molar refractivity (Wildman–Crippen MR) is 67.0 cm³/mol. The SMILES string of the molecule is Cn1ccc(-c2cn(Cc3ccc(C(=O)O)o3)nn2)n1. The standard InChI is InChI=1S/C12H11N5O3/c1-16-5-4-9(14-16)10-7-17(15-13-10)6-8-2-3-11(20-8)12(18)19/h2-5,7H,6H2,1H3,(H,18,19). The van der Waals surface area contributed by atoms with Crippen molar-refractivity contribution in [1.82, 2.24) is 24.8 Å². The number of aromatic carboxylic acids is 1. The first kappa shape index (κ1) is 12.2. The van der Waals surface area contributed by atoms with Crippen LogP contribution in [-0.4, -0.2) is 35.9 Å². The third kappa shape index (κ3) is 2.30. The van der Waals surface area contributed by atoms with E-state index < -0.39 is 5.97 Å². The quantitative estimate of drug-likeness (QED) is 0.761. The lowest BCUT2D eigenvalue weighted by atomic mass is 10.3. The molecule has 0 atom stereocenters. The predicted octanol–water partition coefficient (Wildman–Crippen LogP) is 1.02. The monoisotopic (exact) mass is 273 g/mol. The first-order chi connectivity index (χ1) is 9.61. The molecule has 3 aromatic heterocycles. The molecule has 0 fully saturated rings. The molecule has 0 aliphatic carbocycles. The van der Waals surface area contributed by atoms with Crippen molar-refractivity contribution >= 4 is 5.97 Å². The van der Waals surface area contributed by atoms with Gasteiger partial charge in [0.2, 0.25) is 5.76 Å². The lowest BCUT2D eigenvalue weighted by Crippen LogP contribution is -1.99. The molecule has 102 valence electrons. The molecule has 0 bridgehead atoms. The molecular weight excluding hydrogens is 262 g/mol. The van der Waals surface area contributed by atoms with E-state index in [2.05, 4.69) is 15.4 Å². The zero-order chi connectivity index (χ0) is 14.1. The van der Waals surface area contributed by atoms with E-state index in [1.807, 2.05) is 19.3 Å². The van der Waals surface area contributed by atoms with Crippen LogP contribution in [0.4, 0.5) is 0 Å². The second kappa shape index (κ2) is 4.65. The number of hydrogen-bond donors (Lipinski definition) is 1. The number of aryl methyl sites for hydroxylation is 1. The van der Waals surface area contributed by atoms with Gasteiger partial charge in [-0.2, -0.15) is 5.10 Å². The van der Waals surface area contributed by atoms with E-state index >= 15 is 0 Å². The van der Waals surface area contributed by atoms with E-state index in [4.69, 9.17) is 9.52 Å². The molecule has 0 amide bonds. The zero-order valence-corrected chi connectivity index (χ0v) is 10.6.